The molecule has 0 unspecified atom stereocenters. The third kappa shape index (κ3) is 4.04. The van der Waals surface area contributed by atoms with Gasteiger partial charge in [0.05, 0.1) is 0 Å². The van der Waals surface area contributed by atoms with E-state index in [1.165, 1.54) is 0 Å². The van der Waals surface area contributed by atoms with Crippen LogP contribution in [0.15, 0.2) is 36.8 Å². The number of hydrogen-bond acceptors (Lipinski definition) is 1. The van der Waals surface area contributed by atoms with Gasteiger partial charge in [-0.25, -0.2) is 0 Å². The van der Waals surface area contributed by atoms with E-state index < -0.39 is 8.07 Å². The van der Waals surface area contributed by atoms with Crippen molar-refractivity contribution in [1.82, 2.24) is 0 Å². The van der Waals surface area contributed by atoms with E-state index in [0.717, 1.165) is 25.2 Å². The molecule has 0 heterocycles. The van der Waals surface area contributed by atoms with Crippen LogP contribution in [0.2, 0.25) is 6.04 Å². The molecule has 0 aromatic heterocycles. The van der Waals surface area contributed by atoms with Crippen molar-refractivity contribution in [3.63, 3.8) is 0 Å². The highest BCUT2D eigenvalue weighted by molar-refractivity contribution is 6.93. The first kappa shape index (κ1) is 12.1. The molecule has 0 aliphatic rings. The van der Waals surface area contributed by atoms with Crippen molar-refractivity contribution in [3.05, 3.63) is 36.8 Å². The Labute approximate surface area is 81.9 Å². The van der Waals surface area contributed by atoms with Gasteiger partial charge in [-0.3, -0.25) is 0 Å². The maximum absolute atomic E-state index is 10.1. The van der Waals surface area contributed by atoms with Gasteiger partial charge < -0.3 is 4.79 Å². The zero-order valence-corrected chi connectivity index (χ0v) is 9.17. The lowest BCUT2D eigenvalue weighted by molar-refractivity contribution is -0.107. The molecule has 0 bridgehead atoms. The molecule has 0 N–H and O–H groups in total. The summed E-state index contributed by atoms with van der Waals surface area (Å²) in [6, 6.07) is 1.08. The SMILES string of the molecule is C=C[Si](C=C)(C=C)CCCCC=O. The first-order valence-electron chi connectivity index (χ1n) is 4.59. The van der Waals surface area contributed by atoms with E-state index in [4.69, 9.17) is 0 Å². The van der Waals surface area contributed by atoms with Gasteiger partial charge in [-0.2, -0.15) is 0 Å². The Hall–Kier alpha value is -0.893. The van der Waals surface area contributed by atoms with Gasteiger partial charge >= 0.3 is 0 Å². The Morgan fingerprint density at radius 2 is 1.54 bits per heavy atom. The minimum Gasteiger partial charge on any atom is -0.303 e. The molecule has 0 aliphatic carbocycles. The van der Waals surface area contributed by atoms with E-state index in [0.29, 0.717) is 6.42 Å². The highest BCUT2D eigenvalue weighted by Gasteiger charge is 2.20. The van der Waals surface area contributed by atoms with E-state index in [-0.39, 0.29) is 0 Å². The lowest BCUT2D eigenvalue weighted by atomic mass is 10.3. The zero-order chi connectivity index (χ0) is 10.2. The standard InChI is InChI=1S/C11H18OSi/c1-4-13(5-2,6-3)11-9-7-8-10-12/h4-6,10H,1-3,7-9,11H2. The first-order chi connectivity index (χ1) is 6.24. The van der Waals surface area contributed by atoms with Gasteiger partial charge in [-0.05, 0) is 12.5 Å². The van der Waals surface area contributed by atoms with E-state index in [9.17, 15) is 4.79 Å². The summed E-state index contributed by atoms with van der Waals surface area (Å²) in [5.74, 6) is 0. The smallest absolute Gasteiger partial charge is 0.124 e. The van der Waals surface area contributed by atoms with Crippen LogP contribution in [0.25, 0.3) is 0 Å². The van der Waals surface area contributed by atoms with Crippen molar-refractivity contribution < 1.29 is 4.79 Å². The van der Waals surface area contributed by atoms with Crippen molar-refractivity contribution >= 4 is 14.4 Å². The number of rotatable bonds is 8. The van der Waals surface area contributed by atoms with Crippen LogP contribution >= 0.6 is 0 Å². The second kappa shape index (κ2) is 6.60. The average molecular weight is 194 g/mol. The lowest BCUT2D eigenvalue weighted by Gasteiger charge is -2.18. The van der Waals surface area contributed by atoms with Crippen molar-refractivity contribution in [1.29, 1.82) is 0 Å². The van der Waals surface area contributed by atoms with Crippen molar-refractivity contribution in [2.75, 3.05) is 0 Å². The Bertz CT molecular complexity index is 174. The third-order valence-corrected chi connectivity index (χ3v) is 5.82. The fraction of sp³-hybridized carbons (Fsp3) is 0.364. The highest BCUT2D eigenvalue weighted by Crippen LogP contribution is 2.17. The van der Waals surface area contributed by atoms with Gasteiger partial charge in [-0.15, -0.1) is 19.7 Å². The molecule has 0 radical (unpaired) electrons. The van der Waals surface area contributed by atoms with Crippen LogP contribution in [-0.2, 0) is 4.79 Å². The molecule has 2 heteroatoms. The normalized spacial score (nSPS) is 10.5. The van der Waals surface area contributed by atoms with Crippen molar-refractivity contribution in [3.8, 4) is 0 Å². The molecule has 0 fully saturated rings. The second-order valence-electron chi connectivity index (χ2n) is 3.14. The molecule has 72 valence electrons. The Morgan fingerprint density at radius 1 is 1.00 bits per heavy atom. The number of hydrogen-bond donors (Lipinski definition) is 0. The molecular formula is C11H18OSi. The fourth-order valence-electron chi connectivity index (χ4n) is 1.22. The van der Waals surface area contributed by atoms with E-state index in [1.54, 1.807) is 0 Å². The minimum absolute atomic E-state index is 0.663. The van der Waals surface area contributed by atoms with E-state index in [1.807, 2.05) is 17.1 Å². The Morgan fingerprint density at radius 3 is 1.92 bits per heavy atom. The van der Waals surface area contributed by atoms with Gasteiger partial charge in [0.1, 0.15) is 14.4 Å². The van der Waals surface area contributed by atoms with Gasteiger partial charge in [0.15, 0.2) is 0 Å². The summed E-state index contributed by atoms with van der Waals surface area (Å²) in [5.41, 5.74) is 5.98. The maximum atomic E-state index is 10.1. The molecule has 0 amide bonds. The number of unbranched alkanes of at least 4 members (excludes halogenated alkanes) is 2. The van der Waals surface area contributed by atoms with Crippen LogP contribution in [0, 0.1) is 0 Å². The second-order valence-corrected chi connectivity index (χ2v) is 7.09. The summed E-state index contributed by atoms with van der Waals surface area (Å²) >= 11 is 0. The van der Waals surface area contributed by atoms with E-state index >= 15 is 0 Å². The van der Waals surface area contributed by atoms with Gasteiger partial charge in [0, 0.05) is 6.42 Å². The van der Waals surface area contributed by atoms with Gasteiger partial charge in [0.25, 0.3) is 0 Å². The molecule has 0 spiro atoms. The van der Waals surface area contributed by atoms with Crippen LogP contribution in [-0.4, -0.2) is 14.4 Å². The number of aldehydes is 1. The maximum Gasteiger partial charge on any atom is 0.124 e. The molecule has 0 aliphatic heterocycles. The summed E-state index contributed by atoms with van der Waals surface area (Å²) < 4.78 is 0. The highest BCUT2D eigenvalue weighted by atomic mass is 28.3. The van der Waals surface area contributed by atoms with Crippen molar-refractivity contribution in [2.24, 2.45) is 0 Å². The van der Waals surface area contributed by atoms with Crippen LogP contribution < -0.4 is 0 Å². The molecule has 1 nitrogen and oxygen atoms in total. The molecule has 0 aromatic carbocycles. The first-order valence-corrected chi connectivity index (χ1v) is 7.03. The predicted molar refractivity (Wildman–Crippen MR) is 61.1 cm³/mol. The molecule has 0 saturated heterocycles. The zero-order valence-electron chi connectivity index (χ0n) is 8.17. The fourth-order valence-corrected chi connectivity index (χ4v) is 3.19. The molecule has 0 saturated carbocycles. The monoisotopic (exact) mass is 194 g/mol. The van der Waals surface area contributed by atoms with E-state index in [2.05, 4.69) is 19.7 Å². The quantitative estimate of drug-likeness (QED) is 0.330. The third-order valence-electron chi connectivity index (χ3n) is 2.32. The topological polar surface area (TPSA) is 17.1 Å². The molecule has 0 aromatic rings. The van der Waals surface area contributed by atoms with Crippen LogP contribution in [0.5, 0.6) is 0 Å². The summed E-state index contributed by atoms with van der Waals surface area (Å²) in [7, 11) is -1.59. The Kier molecular flexibility index (Phi) is 6.15. The average Bonchev–Trinajstić information content (AvgIpc) is 2.20. The van der Waals surface area contributed by atoms with Crippen LogP contribution in [0.1, 0.15) is 19.3 Å². The minimum atomic E-state index is -1.59. The van der Waals surface area contributed by atoms with Crippen molar-refractivity contribution in [2.45, 2.75) is 25.3 Å². The van der Waals surface area contributed by atoms with Gasteiger partial charge in [-0.1, -0.05) is 23.5 Å². The molecular weight excluding hydrogens is 176 g/mol. The summed E-state index contributed by atoms with van der Waals surface area (Å²) in [5, 5.41) is 0. The molecule has 0 atom stereocenters. The largest absolute Gasteiger partial charge is 0.303 e. The lowest BCUT2D eigenvalue weighted by Crippen LogP contribution is -2.26. The van der Waals surface area contributed by atoms with Crippen LogP contribution in [0.4, 0.5) is 0 Å². The summed E-state index contributed by atoms with van der Waals surface area (Å²) in [4.78, 5) is 10.1. The summed E-state index contributed by atoms with van der Waals surface area (Å²) in [6.45, 7) is 11.5. The summed E-state index contributed by atoms with van der Waals surface area (Å²) in [6.07, 6.45) is 3.66. The van der Waals surface area contributed by atoms with Gasteiger partial charge in [0.2, 0.25) is 0 Å². The number of carbonyl (C=O) groups is 1. The molecule has 13 heavy (non-hydrogen) atoms. The molecule has 0 rings (SSSR count). The Balaban J connectivity index is 3.95. The number of carbonyl (C=O) groups excluding carboxylic acids is 1. The predicted octanol–water partition coefficient (Wildman–Crippen LogP) is 2.98. The van der Waals surface area contributed by atoms with Crippen LogP contribution in [0.3, 0.4) is 0 Å².